The molecule has 1 aromatic carbocycles. The Morgan fingerprint density at radius 3 is 2.89 bits per heavy atom. The van der Waals surface area contributed by atoms with Gasteiger partial charge in [0.2, 0.25) is 0 Å². The summed E-state index contributed by atoms with van der Waals surface area (Å²) in [5, 5.41) is 9.28. The third-order valence-corrected chi connectivity index (χ3v) is 6.44. The molecule has 11 heteroatoms. The Kier molecular flexibility index (Phi) is 7.19. The number of fused-ring (bicyclic) bond motifs is 1. The number of benzene rings is 1. The molecular formula is C24H17ClFN5O3S. The lowest BCUT2D eigenvalue weighted by Crippen LogP contribution is -2.36. The highest BCUT2D eigenvalue weighted by Gasteiger charge is 2.18. The van der Waals surface area contributed by atoms with Crippen molar-refractivity contribution in [2.45, 2.75) is 13.0 Å². The molecule has 3 heterocycles. The highest BCUT2D eigenvalue weighted by Crippen LogP contribution is 2.36. The first kappa shape index (κ1) is 24.1. The van der Waals surface area contributed by atoms with E-state index in [0.29, 0.717) is 32.0 Å². The van der Waals surface area contributed by atoms with Gasteiger partial charge in [-0.25, -0.2) is 18.7 Å². The van der Waals surface area contributed by atoms with E-state index in [-0.39, 0.29) is 18.1 Å². The van der Waals surface area contributed by atoms with Crippen LogP contribution in [0.25, 0.3) is 26.9 Å². The largest absolute Gasteiger partial charge is 0.495 e. The van der Waals surface area contributed by atoms with Gasteiger partial charge in [0.1, 0.15) is 21.4 Å². The van der Waals surface area contributed by atoms with Crippen LogP contribution in [0.5, 0.6) is 5.75 Å². The monoisotopic (exact) mass is 509 g/mol. The first-order valence-electron chi connectivity index (χ1n) is 10.2. The van der Waals surface area contributed by atoms with E-state index < -0.39 is 17.1 Å². The van der Waals surface area contributed by atoms with Crippen LogP contribution in [0, 0.1) is 17.1 Å². The minimum Gasteiger partial charge on any atom is -0.495 e. The molecule has 0 radical (unpaired) electrons. The van der Waals surface area contributed by atoms with Crippen LogP contribution in [-0.4, -0.2) is 27.4 Å². The predicted octanol–water partition coefficient (Wildman–Crippen LogP) is 4.55. The van der Waals surface area contributed by atoms with Crippen LogP contribution in [0.15, 0.2) is 63.4 Å². The van der Waals surface area contributed by atoms with Gasteiger partial charge in [-0.2, -0.15) is 5.26 Å². The molecule has 8 nitrogen and oxygen atoms in total. The lowest BCUT2D eigenvalue weighted by Gasteiger charge is -2.07. The van der Waals surface area contributed by atoms with Gasteiger partial charge < -0.3 is 4.74 Å². The number of rotatable bonds is 7. The van der Waals surface area contributed by atoms with Crippen LogP contribution in [0.3, 0.4) is 0 Å². The maximum absolute atomic E-state index is 13.3. The lowest BCUT2D eigenvalue weighted by molar-refractivity contribution is 0.413. The zero-order valence-electron chi connectivity index (χ0n) is 18.3. The molecule has 35 heavy (non-hydrogen) atoms. The van der Waals surface area contributed by atoms with Crippen LogP contribution in [0.1, 0.15) is 12.0 Å². The first-order chi connectivity index (χ1) is 16.9. The smallest absolute Gasteiger partial charge is 0.335 e. The van der Waals surface area contributed by atoms with Gasteiger partial charge in [-0.1, -0.05) is 23.7 Å². The second kappa shape index (κ2) is 10.5. The Morgan fingerprint density at radius 1 is 1.31 bits per heavy atom. The standard InChI is InChI=1S/C24H17ClFN5O3S/c1-34-17-11-18(22(25)29-14-17)20-12-19-21(35-20)23(32)31(24(33)30(19)8-3-6-27)9-7-28-13-15-4-2-5-16(26)10-15/h2,4-5,7,9-14H,3,8H2,1H3/b9-7+,28-13?. The molecule has 0 unspecified atom stereocenters. The quantitative estimate of drug-likeness (QED) is 0.268. The SMILES string of the molecule is COc1cnc(Cl)c(-c2cc3c(s2)c(=O)n(/C=C/N=Cc2cccc(F)c2)c(=O)n3CCC#N)c1. The molecular weight excluding hydrogens is 493 g/mol. The van der Waals surface area contributed by atoms with E-state index in [9.17, 15) is 14.0 Å². The van der Waals surface area contributed by atoms with Gasteiger partial charge in [-0.05, 0) is 29.8 Å². The summed E-state index contributed by atoms with van der Waals surface area (Å²) in [5.74, 6) is 0.0834. The number of ether oxygens (including phenoxy) is 1. The molecule has 0 spiro atoms. The minimum atomic E-state index is -0.617. The fourth-order valence-corrected chi connectivity index (χ4v) is 4.72. The molecule has 0 atom stereocenters. The number of aryl methyl sites for hydroxylation is 1. The molecule has 0 amide bonds. The first-order valence-corrected chi connectivity index (χ1v) is 11.4. The second-order valence-electron chi connectivity index (χ2n) is 7.19. The van der Waals surface area contributed by atoms with Crippen molar-refractivity contribution < 1.29 is 9.13 Å². The van der Waals surface area contributed by atoms with Crippen LogP contribution < -0.4 is 16.0 Å². The third-order valence-electron chi connectivity index (χ3n) is 4.99. The Labute approximate surface area is 207 Å². The van der Waals surface area contributed by atoms with Gasteiger partial charge >= 0.3 is 5.69 Å². The van der Waals surface area contributed by atoms with Crippen LogP contribution in [0.4, 0.5) is 4.39 Å². The molecule has 0 N–H and O–H groups in total. The van der Waals surface area contributed by atoms with Crippen molar-refractivity contribution in [2.24, 2.45) is 4.99 Å². The molecule has 0 aliphatic carbocycles. The number of nitrogens with zero attached hydrogens (tertiary/aromatic N) is 5. The number of methoxy groups -OCH3 is 1. The van der Waals surface area contributed by atoms with Crippen molar-refractivity contribution in [1.29, 1.82) is 5.26 Å². The molecule has 0 bridgehead atoms. The zero-order valence-corrected chi connectivity index (χ0v) is 19.9. The van der Waals surface area contributed by atoms with Gasteiger partial charge in [-0.3, -0.25) is 14.4 Å². The minimum absolute atomic E-state index is 0.0707. The molecule has 3 aromatic heterocycles. The van der Waals surface area contributed by atoms with Crippen LogP contribution in [0.2, 0.25) is 5.15 Å². The molecule has 4 aromatic rings. The molecule has 0 aliphatic rings. The maximum atomic E-state index is 13.3. The van der Waals surface area contributed by atoms with E-state index in [0.717, 1.165) is 15.9 Å². The second-order valence-corrected chi connectivity index (χ2v) is 8.60. The number of hydrogen-bond donors (Lipinski definition) is 0. The zero-order chi connectivity index (χ0) is 24.9. The van der Waals surface area contributed by atoms with Crippen molar-refractivity contribution in [3.8, 4) is 22.3 Å². The highest BCUT2D eigenvalue weighted by atomic mass is 35.5. The summed E-state index contributed by atoms with van der Waals surface area (Å²) in [6.07, 6.45) is 5.46. The highest BCUT2D eigenvalue weighted by molar-refractivity contribution is 7.22. The Hall–Kier alpha value is -4.07. The average Bonchev–Trinajstić information content (AvgIpc) is 3.29. The molecule has 0 saturated heterocycles. The summed E-state index contributed by atoms with van der Waals surface area (Å²) >= 11 is 7.43. The van der Waals surface area contributed by atoms with E-state index in [1.165, 1.54) is 48.6 Å². The molecule has 0 aliphatic heterocycles. The Balaban J connectivity index is 1.82. The lowest BCUT2D eigenvalue weighted by atomic mass is 10.2. The summed E-state index contributed by atoms with van der Waals surface area (Å²) in [6, 6.07) is 11.2. The number of pyridine rings is 1. The van der Waals surface area contributed by atoms with E-state index in [1.807, 2.05) is 6.07 Å². The normalized spacial score (nSPS) is 11.5. The van der Waals surface area contributed by atoms with Crippen molar-refractivity contribution in [3.63, 3.8) is 0 Å². The molecule has 0 fully saturated rings. The van der Waals surface area contributed by atoms with Crippen LogP contribution in [-0.2, 0) is 6.54 Å². The molecule has 4 rings (SSSR count). The van der Waals surface area contributed by atoms with Crippen molar-refractivity contribution in [3.05, 3.63) is 86.2 Å². The number of aliphatic imine (C=N–C) groups is 1. The average molecular weight is 510 g/mol. The van der Waals surface area contributed by atoms with E-state index in [4.69, 9.17) is 21.6 Å². The van der Waals surface area contributed by atoms with Crippen molar-refractivity contribution in [1.82, 2.24) is 14.1 Å². The summed E-state index contributed by atoms with van der Waals surface area (Å²) in [4.78, 5) is 35.1. The number of aromatic nitrogens is 3. The van der Waals surface area contributed by atoms with E-state index in [1.54, 1.807) is 24.3 Å². The van der Waals surface area contributed by atoms with Crippen molar-refractivity contribution >= 4 is 45.6 Å². The van der Waals surface area contributed by atoms with Gasteiger partial charge in [-0.15, -0.1) is 11.3 Å². The van der Waals surface area contributed by atoms with Gasteiger partial charge in [0.25, 0.3) is 5.56 Å². The van der Waals surface area contributed by atoms with Crippen molar-refractivity contribution in [2.75, 3.05) is 7.11 Å². The summed E-state index contributed by atoms with van der Waals surface area (Å²) in [6.45, 7) is 0.0901. The number of hydrogen-bond acceptors (Lipinski definition) is 7. The van der Waals surface area contributed by atoms with Gasteiger partial charge in [0.05, 0.1) is 31.3 Å². The third kappa shape index (κ3) is 5.06. The predicted molar refractivity (Wildman–Crippen MR) is 135 cm³/mol. The van der Waals surface area contributed by atoms with Crippen LogP contribution >= 0.6 is 22.9 Å². The molecule has 176 valence electrons. The number of nitriles is 1. The summed E-state index contributed by atoms with van der Waals surface area (Å²) < 4.78 is 21.1. The van der Waals surface area contributed by atoms with E-state index in [2.05, 4.69) is 9.98 Å². The van der Waals surface area contributed by atoms with Gasteiger partial charge in [0, 0.05) is 35.6 Å². The summed E-state index contributed by atoms with van der Waals surface area (Å²) in [5.41, 5.74) is 0.304. The fourth-order valence-electron chi connectivity index (χ4n) is 3.34. The topological polar surface area (TPSA) is 102 Å². The number of thiophene rings is 1. The Morgan fingerprint density at radius 2 is 2.14 bits per heavy atom. The fraction of sp³-hybridized carbons (Fsp3) is 0.125. The maximum Gasteiger partial charge on any atom is 0.335 e. The molecule has 0 saturated carbocycles. The summed E-state index contributed by atoms with van der Waals surface area (Å²) in [7, 11) is 1.50. The number of halogens is 2. The van der Waals surface area contributed by atoms with E-state index >= 15 is 0 Å². The van der Waals surface area contributed by atoms with Gasteiger partial charge in [0.15, 0.2) is 0 Å². The Bertz CT molecular complexity index is 1630.